The van der Waals surface area contributed by atoms with Crippen LogP contribution in [0.1, 0.15) is 11.1 Å². The molecule has 0 saturated carbocycles. The number of pyridine rings is 2. The van der Waals surface area contributed by atoms with E-state index in [1.807, 2.05) is 74.5 Å². The van der Waals surface area contributed by atoms with E-state index in [4.69, 9.17) is 0 Å². The molecule has 0 fully saturated rings. The van der Waals surface area contributed by atoms with Gasteiger partial charge in [-0.1, -0.05) is 24.3 Å². The van der Waals surface area contributed by atoms with Gasteiger partial charge in [0.25, 0.3) is 0 Å². The molecule has 2 N–H and O–H groups in total. The minimum absolute atomic E-state index is 0.145. The van der Waals surface area contributed by atoms with E-state index in [0.29, 0.717) is 0 Å². The van der Waals surface area contributed by atoms with E-state index in [2.05, 4.69) is 20.6 Å². The van der Waals surface area contributed by atoms with Crippen LogP contribution < -0.4 is 10.6 Å². The lowest BCUT2D eigenvalue weighted by Crippen LogP contribution is -2.19. The molecule has 4 rings (SSSR count). The van der Waals surface area contributed by atoms with Gasteiger partial charge in [-0.25, -0.2) is 0 Å². The number of aromatic nitrogens is 2. The standard InChI is InChI=1S/C28H26N4O2S/c1-19-3-5-23(21-7-11-29-12-8-21)15-25(19)31-27(33)17-35-18-28(34)32-26-16-24(6-4-20(26)2)22-9-13-30-14-10-22/h3-16H,17-18H2,1-2H3,(H,31,33)(H,32,34). The average Bonchev–Trinajstić information content (AvgIpc) is 2.88. The van der Waals surface area contributed by atoms with Crippen molar-refractivity contribution in [3.8, 4) is 22.3 Å². The van der Waals surface area contributed by atoms with Crippen LogP contribution in [-0.2, 0) is 9.59 Å². The quantitative estimate of drug-likeness (QED) is 0.335. The van der Waals surface area contributed by atoms with Crippen LogP contribution in [0.3, 0.4) is 0 Å². The van der Waals surface area contributed by atoms with Crippen LogP contribution >= 0.6 is 11.8 Å². The number of hydrogen-bond donors (Lipinski definition) is 2. The number of hydrogen-bond acceptors (Lipinski definition) is 5. The molecule has 0 aliphatic rings. The van der Waals surface area contributed by atoms with Gasteiger partial charge in [-0.15, -0.1) is 11.8 Å². The normalized spacial score (nSPS) is 10.6. The summed E-state index contributed by atoms with van der Waals surface area (Å²) in [6, 6.07) is 19.6. The second-order valence-corrected chi connectivity index (χ2v) is 9.11. The summed E-state index contributed by atoms with van der Waals surface area (Å²) in [7, 11) is 0. The molecule has 2 heterocycles. The zero-order valence-corrected chi connectivity index (χ0v) is 20.4. The van der Waals surface area contributed by atoms with Crippen molar-refractivity contribution >= 4 is 35.0 Å². The van der Waals surface area contributed by atoms with Crippen molar-refractivity contribution in [1.82, 2.24) is 9.97 Å². The highest BCUT2D eigenvalue weighted by atomic mass is 32.2. The summed E-state index contributed by atoms with van der Waals surface area (Å²) in [5.41, 5.74) is 7.55. The molecule has 0 atom stereocenters. The van der Waals surface area contributed by atoms with E-state index in [1.54, 1.807) is 24.8 Å². The molecule has 35 heavy (non-hydrogen) atoms. The topological polar surface area (TPSA) is 84.0 Å². The first kappa shape index (κ1) is 24.2. The Bertz CT molecular complexity index is 1220. The van der Waals surface area contributed by atoms with Crippen LogP contribution in [0.15, 0.2) is 85.5 Å². The monoisotopic (exact) mass is 482 g/mol. The first-order valence-corrected chi connectivity index (χ1v) is 12.3. The van der Waals surface area contributed by atoms with E-state index in [-0.39, 0.29) is 23.3 Å². The fraction of sp³-hybridized carbons (Fsp3) is 0.143. The lowest BCUT2D eigenvalue weighted by molar-refractivity contribution is -0.114. The molecule has 0 radical (unpaired) electrons. The molecule has 7 heteroatoms. The molecule has 6 nitrogen and oxygen atoms in total. The molecule has 2 aromatic carbocycles. The molecule has 2 amide bonds. The number of nitrogens with one attached hydrogen (secondary N) is 2. The number of thioether (sulfide) groups is 1. The Kier molecular flexibility index (Phi) is 7.90. The lowest BCUT2D eigenvalue weighted by atomic mass is 10.0. The Morgan fingerprint density at radius 3 is 1.43 bits per heavy atom. The van der Waals surface area contributed by atoms with Crippen LogP contribution in [0.25, 0.3) is 22.3 Å². The SMILES string of the molecule is Cc1ccc(-c2ccncc2)cc1NC(=O)CSCC(=O)Nc1cc(-c2ccncc2)ccc1C. The summed E-state index contributed by atoms with van der Waals surface area (Å²) in [5.74, 6) is 0.0763. The molecule has 0 aliphatic carbocycles. The van der Waals surface area contributed by atoms with Gasteiger partial charge in [0.1, 0.15) is 0 Å². The molecular weight excluding hydrogens is 456 g/mol. The van der Waals surface area contributed by atoms with Gasteiger partial charge >= 0.3 is 0 Å². The van der Waals surface area contributed by atoms with E-state index < -0.39 is 0 Å². The van der Waals surface area contributed by atoms with E-state index in [0.717, 1.165) is 44.8 Å². The minimum Gasteiger partial charge on any atom is -0.325 e. The van der Waals surface area contributed by atoms with E-state index in [9.17, 15) is 9.59 Å². The molecule has 0 unspecified atom stereocenters. The molecule has 2 aromatic heterocycles. The van der Waals surface area contributed by atoms with Crippen molar-refractivity contribution in [2.45, 2.75) is 13.8 Å². The maximum absolute atomic E-state index is 12.5. The van der Waals surface area contributed by atoms with Crippen molar-refractivity contribution in [2.24, 2.45) is 0 Å². The van der Waals surface area contributed by atoms with Crippen molar-refractivity contribution in [1.29, 1.82) is 0 Å². The van der Waals surface area contributed by atoms with Gasteiger partial charge in [0.15, 0.2) is 0 Å². The maximum atomic E-state index is 12.5. The number of aryl methyl sites for hydroxylation is 2. The van der Waals surface area contributed by atoms with Gasteiger partial charge in [0.2, 0.25) is 11.8 Å². The number of benzene rings is 2. The number of anilines is 2. The summed E-state index contributed by atoms with van der Waals surface area (Å²) in [4.78, 5) is 33.2. The third-order valence-electron chi connectivity index (χ3n) is 5.52. The summed E-state index contributed by atoms with van der Waals surface area (Å²) in [6.07, 6.45) is 6.97. The summed E-state index contributed by atoms with van der Waals surface area (Å²) in [5, 5.41) is 5.93. The van der Waals surface area contributed by atoms with Gasteiger partial charge in [-0.2, -0.15) is 0 Å². The number of nitrogens with zero attached hydrogens (tertiary/aromatic N) is 2. The number of rotatable bonds is 8. The molecule has 0 bridgehead atoms. The highest BCUT2D eigenvalue weighted by molar-refractivity contribution is 8.00. The maximum Gasteiger partial charge on any atom is 0.234 e. The van der Waals surface area contributed by atoms with Crippen molar-refractivity contribution in [2.75, 3.05) is 22.1 Å². The largest absolute Gasteiger partial charge is 0.325 e. The fourth-order valence-electron chi connectivity index (χ4n) is 3.57. The Labute approximate surface area is 209 Å². The zero-order valence-electron chi connectivity index (χ0n) is 19.6. The fourth-order valence-corrected chi connectivity index (χ4v) is 4.19. The third kappa shape index (κ3) is 6.55. The average molecular weight is 483 g/mol. The second kappa shape index (κ2) is 11.4. The van der Waals surface area contributed by atoms with Crippen molar-refractivity contribution in [3.05, 3.63) is 96.6 Å². The van der Waals surface area contributed by atoms with Crippen molar-refractivity contribution < 1.29 is 9.59 Å². The number of carbonyl (C=O) groups is 2. The smallest absolute Gasteiger partial charge is 0.234 e. The molecule has 0 aliphatic heterocycles. The Morgan fingerprint density at radius 1 is 0.629 bits per heavy atom. The van der Waals surface area contributed by atoms with Crippen LogP contribution in [0.4, 0.5) is 11.4 Å². The van der Waals surface area contributed by atoms with E-state index >= 15 is 0 Å². The Hall–Kier alpha value is -3.97. The van der Waals surface area contributed by atoms with Gasteiger partial charge < -0.3 is 10.6 Å². The summed E-state index contributed by atoms with van der Waals surface area (Å²) >= 11 is 1.28. The predicted octanol–water partition coefficient (Wildman–Crippen LogP) is 5.74. The minimum atomic E-state index is -0.145. The highest BCUT2D eigenvalue weighted by Gasteiger charge is 2.11. The highest BCUT2D eigenvalue weighted by Crippen LogP contribution is 2.26. The molecule has 4 aromatic rings. The van der Waals surface area contributed by atoms with Gasteiger partial charge in [-0.05, 0) is 83.6 Å². The van der Waals surface area contributed by atoms with Crippen LogP contribution in [0, 0.1) is 13.8 Å². The second-order valence-electron chi connectivity index (χ2n) is 8.12. The van der Waals surface area contributed by atoms with Crippen LogP contribution in [0.2, 0.25) is 0 Å². The number of amides is 2. The predicted molar refractivity (Wildman–Crippen MR) is 143 cm³/mol. The molecule has 0 spiro atoms. The lowest BCUT2D eigenvalue weighted by Gasteiger charge is -2.12. The van der Waals surface area contributed by atoms with E-state index in [1.165, 1.54) is 11.8 Å². The van der Waals surface area contributed by atoms with Gasteiger partial charge in [-0.3, -0.25) is 19.6 Å². The molecular formula is C28H26N4O2S. The van der Waals surface area contributed by atoms with Gasteiger partial charge in [0.05, 0.1) is 11.5 Å². The first-order chi connectivity index (χ1) is 17.0. The third-order valence-corrected chi connectivity index (χ3v) is 6.45. The van der Waals surface area contributed by atoms with Crippen LogP contribution in [-0.4, -0.2) is 33.3 Å². The molecule has 176 valence electrons. The Balaban J connectivity index is 1.31. The zero-order chi connectivity index (χ0) is 24.6. The Morgan fingerprint density at radius 2 is 1.03 bits per heavy atom. The summed E-state index contributed by atoms with van der Waals surface area (Å²) < 4.78 is 0. The van der Waals surface area contributed by atoms with Crippen molar-refractivity contribution in [3.63, 3.8) is 0 Å². The first-order valence-electron chi connectivity index (χ1n) is 11.2. The molecule has 0 saturated heterocycles. The summed E-state index contributed by atoms with van der Waals surface area (Å²) in [6.45, 7) is 3.91. The number of carbonyl (C=O) groups excluding carboxylic acids is 2. The van der Waals surface area contributed by atoms with Gasteiger partial charge in [0, 0.05) is 36.2 Å². The van der Waals surface area contributed by atoms with Crippen LogP contribution in [0.5, 0.6) is 0 Å².